The van der Waals surface area contributed by atoms with Crippen molar-refractivity contribution in [2.45, 2.75) is 6.92 Å². The molecule has 0 atom stereocenters. The number of nitrogens with zero attached hydrogens (tertiary/aromatic N) is 2. The summed E-state index contributed by atoms with van der Waals surface area (Å²) in [6.45, 7) is 3.07. The van der Waals surface area contributed by atoms with Crippen molar-refractivity contribution in [1.82, 2.24) is 9.80 Å². The van der Waals surface area contributed by atoms with Crippen molar-refractivity contribution < 1.29 is 14.4 Å². The summed E-state index contributed by atoms with van der Waals surface area (Å²) in [6.07, 6.45) is 0. The molecule has 1 aliphatic rings. The van der Waals surface area contributed by atoms with Gasteiger partial charge in [0.15, 0.2) is 0 Å². The lowest BCUT2D eigenvalue weighted by molar-refractivity contribution is -0.114. The number of halogens is 2. The fraction of sp³-hybridized carbons (Fsp3) is 0.250. The lowest BCUT2D eigenvalue weighted by Crippen LogP contribution is -2.50. The number of piperazine rings is 1. The molecule has 0 radical (unpaired) electrons. The number of rotatable bonds is 3. The van der Waals surface area contributed by atoms with E-state index in [1.807, 2.05) is 0 Å². The number of anilines is 1. The van der Waals surface area contributed by atoms with Crippen molar-refractivity contribution >= 4 is 46.6 Å². The second-order valence-electron chi connectivity index (χ2n) is 6.47. The van der Waals surface area contributed by atoms with Crippen LogP contribution in [0.1, 0.15) is 27.6 Å². The summed E-state index contributed by atoms with van der Waals surface area (Å²) in [5.41, 5.74) is 1.46. The molecular formula is C20H19Cl2N3O3. The average molecular weight is 420 g/mol. The molecule has 28 heavy (non-hydrogen) atoms. The molecular weight excluding hydrogens is 401 g/mol. The Kier molecular flexibility index (Phi) is 6.21. The molecule has 3 amide bonds. The Morgan fingerprint density at radius 1 is 0.893 bits per heavy atom. The van der Waals surface area contributed by atoms with Crippen LogP contribution in [0.5, 0.6) is 0 Å². The molecule has 146 valence electrons. The van der Waals surface area contributed by atoms with Gasteiger partial charge in [-0.2, -0.15) is 0 Å². The molecule has 8 heteroatoms. The monoisotopic (exact) mass is 419 g/mol. The quantitative estimate of drug-likeness (QED) is 0.826. The second-order valence-corrected chi connectivity index (χ2v) is 7.31. The minimum atomic E-state index is -0.197. The number of carbonyl (C=O) groups excluding carboxylic acids is 3. The van der Waals surface area contributed by atoms with E-state index in [1.54, 1.807) is 46.2 Å². The molecule has 0 bridgehead atoms. The van der Waals surface area contributed by atoms with Gasteiger partial charge in [-0.1, -0.05) is 29.3 Å². The smallest absolute Gasteiger partial charge is 0.255 e. The summed E-state index contributed by atoms with van der Waals surface area (Å²) in [5, 5.41) is 3.45. The van der Waals surface area contributed by atoms with Crippen LogP contribution in [-0.4, -0.2) is 53.7 Å². The van der Waals surface area contributed by atoms with E-state index in [9.17, 15) is 14.4 Å². The highest BCUT2D eigenvalue weighted by molar-refractivity contribution is 6.36. The van der Waals surface area contributed by atoms with Crippen molar-refractivity contribution in [3.63, 3.8) is 0 Å². The Bertz CT molecular complexity index is 925. The van der Waals surface area contributed by atoms with E-state index in [1.165, 1.54) is 13.0 Å². The van der Waals surface area contributed by atoms with Crippen LogP contribution in [0.25, 0.3) is 0 Å². The lowest BCUT2D eigenvalue weighted by Gasteiger charge is -2.35. The minimum Gasteiger partial charge on any atom is -0.335 e. The largest absolute Gasteiger partial charge is 0.335 e. The first-order valence-corrected chi connectivity index (χ1v) is 9.52. The first kappa shape index (κ1) is 20.2. The maximum atomic E-state index is 12.7. The number of amides is 3. The van der Waals surface area contributed by atoms with Crippen LogP contribution in [0, 0.1) is 0 Å². The van der Waals surface area contributed by atoms with Gasteiger partial charge in [0.05, 0.1) is 10.6 Å². The Labute approximate surface area is 173 Å². The molecule has 3 rings (SSSR count). The molecule has 0 aromatic heterocycles. The Balaban J connectivity index is 1.64. The van der Waals surface area contributed by atoms with Gasteiger partial charge in [0, 0.05) is 49.4 Å². The normalized spacial score (nSPS) is 14.0. The third-order valence-electron chi connectivity index (χ3n) is 4.45. The van der Waals surface area contributed by atoms with E-state index in [-0.39, 0.29) is 17.7 Å². The van der Waals surface area contributed by atoms with Crippen LogP contribution in [0.15, 0.2) is 42.5 Å². The first-order chi connectivity index (χ1) is 13.3. The van der Waals surface area contributed by atoms with Crippen molar-refractivity contribution in [3.05, 3.63) is 63.6 Å². The Hall–Kier alpha value is -2.57. The molecule has 0 aliphatic carbocycles. The first-order valence-electron chi connectivity index (χ1n) is 8.76. The summed E-state index contributed by atoms with van der Waals surface area (Å²) in [6, 6.07) is 11.6. The fourth-order valence-corrected chi connectivity index (χ4v) is 3.55. The van der Waals surface area contributed by atoms with E-state index in [4.69, 9.17) is 23.2 Å². The molecule has 2 aromatic carbocycles. The van der Waals surface area contributed by atoms with Crippen LogP contribution in [0.3, 0.4) is 0 Å². The summed E-state index contributed by atoms with van der Waals surface area (Å²) in [7, 11) is 0. The third kappa shape index (κ3) is 4.64. The van der Waals surface area contributed by atoms with Gasteiger partial charge in [-0.05, 0) is 36.4 Å². The van der Waals surface area contributed by atoms with Crippen molar-refractivity contribution in [2.24, 2.45) is 0 Å². The second kappa shape index (κ2) is 8.63. The fourth-order valence-electron chi connectivity index (χ4n) is 3.06. The van der Waals surface area contributed by atoms with E-state index in [0.29, 0.717) is 53.0 Å². The van der Waals surface area contributed by atoms with Crippen molar-refractivity contribution in [3.8, 4) is 0 Å². The van der Waals surface area contributed by atoms with Crippen LogP contribution in [0.2, 0.25) is 10.0 Å². The zero-order valence-electron chi connectivity index (χ0n) is 15.2. The van der Waals surface area contributed by atoms with Crippen molar-refractivity contribution in [1.29, 1.82) is 0 Å². The highest BCUT2D eigenvalue weighted by atomic mass is 35.5. The van der Waals surface area contributed by atoms with Gasteiger partial charge in [-0.15, -0.1) is 0 Å². The van der Waals surface area contributed by atoms with Gasteiger partial charge < -0.3 is 15.1 Å². The third-order valence-corrected chi connectivity index (χ3v) is 4.99. The topological polar surface area (TPSA) is 69.7 Å². The Morgan fingerprint density at radius 3 is 2.14 bits per heavy atom. The molecule has 1 heterocycles. The van der Waals surface area contributed by atoms with Crippen LogP contribution in [0.4, 0.5) is 5.69 Å². The van der Waals surface area contributed by atoms with Crippen molar-refractivity contribution in [2.75, 3.05) is 31.5 Å². The zero-order valence-corrected chi connectivity index (χ0v) is 16.8. The molecule has 1 saturated heterocycles. The predicted molar refractivity (Wildman–Crippen MR) is 109 cm³/mol. The summed E-state index contributed by atoms with van der Waals surface area (Å²) in [4.78, 5) is 40.0. The number of benzene rings is 2. The average Bonchev–Trinajstić information content (AvgIpc) is 2.67. The standard InChI is InChI=1S/C20H19Cl2N3O3/c1-13(26)23-16-4-2-3-14(11-16)19(27)24-7-9-25(10-8-24)20(28)17-6-5-15(21)12-18(17)22/h2-6,11-12H,7-10H2,1H3,(H,23,26). The molecule has 0 unspecified atom stereocenters. The SMILES string of the molecule is CC(=O)Nc1cccc(C(=O)N2CCN(C(=O)c3ccc(Cl)cc3Cl)CC2)c1. The number of nitrogens with one attached hydrogen (secondary N) is 1. The zero-order chi connectivity index (χ0) is 20.3. The van der Waals surface area contributed by atoms with Crippen LogP contribution in [-0.2, 0) is 4.79 Å². The maximum absolute atomic E-state index is 12.7. The van der Waals surface area contributed by atoms with Gasteiger partial charge >= 0.3 is 0 Å². The Morgan fingerprint density at radius 2 is 1.54 bits per heavy atom. The van der Waals surface area contributed by atoms with E-state index in [2.05, 4.69) is 5.32 Å². The molecule has 2 aromatic rings. The summed E-state index contributed by atoms with van der Waals surface area (Å²) in [5.74, 6) is -0.511. The van der Waals surface area contributed by atoms with E-state index in [0.717, 1.165) is 0 Å². The van der Waals surface area contributed by atoms with Gasteiger partial charge in [0.1, 0.15) is 0 Å². The minimum absolute atomic E-state index is 0.135. The highest BCUT2D eigenvalue weighted by Gasteiger charge is 2.26. The summed E-state index contributed by atoms with van der Waals surface area (Å²) >= 11 is 12.0. The van der Waals surface area contributed by atoms with Crippen LogP contribution >= 0.6 is 23.2 Å². The van der Waals surface area contributed by atoms with Gasteiger partial charge in [0.25, 0.3) is 11.8 Å². The number of hydrogen-bond acceptors (Lipinski definition) is 3. The maximum Gasteiger partial charge on any atom is 0.255 e. The van der Waals surface area contributed by atoms with E-state index >= 15 is 0 Å². The van der Waals surface area contributed by atoms with Gasteiger partial charge in [-0.3, -0.25) is 14.4 Å². The molecule has 1 aliphatic heterocycles. The van der Waals surface area contributed by atoms with E-state index < -0.39 is 0 Å². The van der Waals surface area contributed by atoms with Gasteiger partial charge in [0.2, 0.25) is 5.91 Å². The molecule has 0 spiro atoms. The highest BCUT2D eigenvalue weighted by Crippen LogP contribution is 2.23. The van der Waals surface area contributed by atoms with Crippen LogP contribution < -0.4 is 5.32 Å². The molecule has 6 nitrogen and oxygen atoms in total. The number of hydrogen-bond donors (Lipinski definition) is 1. The number of carbonyl (C=O) groups is 3. The predicted octanol–water partition coefficient (Wildman–Crippen LogP) is 3.55. The summed E-state index contributed by atoms with van der Waals surface area (Å²) < 4.78 is 0. The lowest BCUT2D eigenvalue weighted by atomic mass is 10.1. The molecule has 1 N–H and O–H groups in total. The molecule has 1 fully saturated rings. The van der Waals surface area contributed by atoms with Gasteiger partial charge in [-0.25, -0.2) is 0 Å². The molecule has 0 saturated carbocycles.